The molecule has 2 aromatic rings. The zero-order valence-corrected chi connectivity index (χ0v) is 13.5. The fourth-order valence-corrected chi connectivity index (χ4v) is 2.17. The van der Waals surface area contributed by atoms with Crippen molar-refractivity contribution in [1.82, 2.24) is 0 Å². The van der Waals surface area contributed by atoms with Gasteiger partial charge in [0.25, 0.3) is 0 Å². The molecule has 0 aliphatic carbocycles. The van der Waals surface area contributed by atoms with E-state index < -0.39 is 5.82 Å². The number of halogens is 3. The average molecular weight is 402 g/mol. The van der Waals surface area contributed by atoms with Crippen molar-refractivity contribution in [3.8, 4) is 0 Å². The molecule has 0 saturated heterocycles. The predicted molar refractivity (Wildman–Crippen MR) is 85.4 cm³/mol. The maximum atomic E-state index is 13.5. The second-order valence-electron chi connectivity index (χ2n) is 4.03. The van der Waals surface area contributed by atoms with E-state index in [1.807, 2.05) is 12.1 Å². The third kappa shape index (κ3) is 4.31. The molecule has 0 unspecified atom stereocenters. The van der Waals surface area contributed by atoms with Crippen molar-refractivity contribution in [3.05, 3.63) is 57.2 Å². The minimum absolute atomic E-state index is 0.0105. The highest BCUT2D eigenvalue weighted by molar-refractivity contribution is 9.10. The smallest absolute Gasteiger partial charge is 0.243 e. The Bertz CT molecular complexity index is 617. The van der Waals surface area contributed by atoms with Crippen LogP contribution in [-0.2, 0) is 4.79 Å². The molecule has 3 nitrogen and oxygen atoms in total. The molecule has 2 aromatic carbocycles. The number of nitrogens with one attached hydrogen (secondary N) is 2. The first-order valence-electron chi connectivity index (χ1n) is 5.79. The van der Waals surface area contributed by atoms with Gasteiger partial charge in [0.05, 0.1) is 12.2 Å². The van der Waals surface area contributed by atoms with Crippen LogP contribution in [0.3, 0.4) is 0 Å². The molecule has 20 heavy (non-hydrogen) atoms. The number of benzene rings is 2. The third-order valence-electron chi connectivity index (χ3n) is 2.50. The molecule has 0 aromatic heterocycles. The molecule has 0 radical (unpaired) electrons. The number of carbonyl (C=O) groups is 1. The lowest BCUT2D eigenvalue weighted by atomic mass is 10.3. The molecule has 0 aliphatic rings. The Morgan fingerprint density at radius 3 is 2.40 bits per heavy atom. The fraction of sp³-hybridized carbons (Fsp3) is 0.0714. The van der Waals surface area contributed by atoms with Gasteiger partial charge in [0.2, 0.25) is 5.91 Å². The lowest BCUT2D eigenvalue weighted by Gasteiger charge is -2.09. The van der Waals surface area contributed by atoms with Crippen LogP contribution in [0.25, 0.3) is 0 Å². The maximum absolute atomic E-state index is 13.5. The van der Waals surface area contributed by atoms with Gasteiger partial charge >= 0.3 is 0 Å². The predicted octanol–water partition coefficient (Wildman–Crippen LogP) is 4.40. The van der Waals surface area contributed by atoms with Gasteiger partial charge in [0.15, 0.2) is 0 Å². The topological polar surface area (TPSA) is 41.1 Å². The molecular weight excluding hydrogens is 391 g/mol. The van der Waals surface area contributed by atoms with E-state index >= 15 is 0 Å². The Kier molecular flexibility index (Phi) is 5.14. The van der Waals surface area contributed by atoms with Crippen LogP contribution >= 0.6 is 31.9 Å². The minimum atomic E-state index is -0.398. The summed E-state index contributed by atoms with van der Waals surface area (Å²) in [5.41, 5.74) is 0.972. The molecule has 0 bridgehead atoms. The number of rotatable bonds is 4. The van der Waals surface area contributed by atoms with Gasteiger partial charge in [0.1, 0.15) is 5.82 Å². The first-order chi connectivity index (χ1) is 9.54. The summed E-state index contributed by atoms with van der Waals surface area (Å²) < 4.78 is 15.2. The fourth-order valence-electron chi connectivity index (χ4n) is 1.55. The van der Waals surface area contributed by atoms with Gasteiger partial charge in [-0.05, 0) is 42.5 Å². The Labute approximate surface area is 132 Å². The van der Waals surface area contributed by atoms with Crippen molar-refractivity contribution in [3.63, 3.8) is 0 Å². The van der Waals surface area contributed by atoms with Crippen molar-refractivity contribution in [2.24, 2.45) is 0 Å². The van der Waals surface area contributed by atoms with Gasteiger partial charge in [-0.25, -0.2) is 4.39 Å². The lowest BCUT2D eigenvalue weighted by Crippen LogP contribution is -2.22. The summed E-state index contributed by atoms with van der Waals surface area (Å²) in [5.74, 6) is -0.642. The standard InChI is InChI=1S/C14H11Br2FN2O/c15-9-1-4-11(5-2-9)19-14(20)8-18-13-7-10(16)3-6-12(13)17/h1-7,18H,8H2,(H,19,20). The zero-order valence-electron chi connectivity index (χ0n) is 10.3. The van der Waals surface area contributed by atoms with Crippen LogP contribution in [0, 0.1) is 5.82 Å². The first-order valence-corrected chi connectivity index (χ1v) is 7.37. The summed E-state index contributed by atoms with van der Waals surface area (Å²) in [6, 6.07) is 11.7. The summed E-state index contributed by atoms with van der Waals surface area (Å²) in [4.78, 5) is 11.7. The first kappa shape index (κ1) is 15.0. The molecule has 0 aliphatic heterocycles. The van der Waals surface area contributed by atoms with Crippen molar-refractivity contribution in [2.75, 3.05) is 17.2 Å². The molecule has 0 heterocycles. The molecule has 0 saturated carbocycles. The molecular formula is C14H11Br2FN2O. The maximum Gasteiger partial charge on any atom is 0.243 e. The van der Waals surface area contributed by atoms with Crippen molar-refractivity contribution < 1.29 is 9.18 Å². The van der Waals surface area contributed by atoms with Gasteiger partial charge in [-0.3, -0.25) is 4.79 Å². The third-order valence-corrected chi connectivity index (χ3v) is 3.52. The van der Waals surface area contributed by atoms with Crippen molar-refractivity contribution in [2.45, 2.75) is 0 Å². The molecule has 0 fully saturated rings. The molecule has 0 spiro atoms. The van der Waals surface area contributed by atoms with Crippen LogP contribution in [0.5, 0.6) is 0 Å². The van der Waals surface area contributed by atoms with Crippen LogP contribution in [0.4, 0.5) is 15.8 Å². The summed E-state index contributed by atoms with van der Waals surface area (Å²) >= 11 is 6.57. The second-order valence-corrected chi connectivity index (χ2v) is 5.86. The monoisotopic (exact) mass is 400 g/mol. The Morgan fingerprint density at radius 1 is 1.05 bits per heavy atom. The van der Waals surface area contributed by atoms with Crippen LogP contribution in [0.2, 0.25) is 0 Å². The average Bonchev–Trinajstić information content (AvgIpc) is 2.42. The molecule has 6 heteroatoms. The minimum Gasteiger partial charge on any atom is -0.374 e. The van der Waals surface area contributed by atoms with E-state index in [4.69, 9.17) is 0 Å². The van der Waals surface area contributed by atoms with Crippen molar-refractivity contribution in [1.29, 1.82) is 0 Å². The van der Waals surface area contributed by atoms with Crippen LogP contribution in [-0.4, -0.2) is 12.5 Å². The number of carbonyl (C=O) groups excluding carboxylic acids is 1. The second kappa shape index (κ2) is 6.85. The summed E-state index contributed by atoms with van der Waals surface area (Å²) in [7, 11) is 0. The Balaban J connectivity index is 1.92. The van der Waals surface area contributed by atoms with Gasteiger partial charge in [-0.2, -0.15) is 0 Å². The van der Waals surface area contributed by atoms with Gasteiger partial charge in [-0.1, -0.05) is 31.9 Å². The molecule has 1 amide bonds. The SMILES string of the molecule is O=C(CNc1cc(Br)ccc1F)Nc1ccc(Br)cc1. The lowest BCUT2D eigenvalue weighted by molar-refractivity contribution is -0.114. The van der Waals surface area contributed by atoms with Gasteiger partial charge in [-0.15, -0.1) is 0 Å². The van der Waals surface area contributed by atoms with E-state index in [2.05, 4.69) is 42.5 Å². The van der Waals surface area contributed by atoms with Crippen LogP contribution in [0.15, 0.2) is 51.4 Å². The highest BCUT2D eigenvalue weighted by Gasteiger charge is 2.06. The molecule has 2 N–H and O–H groups in total. The number of anilines is 2. The number of hydrogen-bond acceptors (Lipinski definition) is 2. The van der Waals surface area contributed by atoms with E-state index in [1.54, 1.807) is 24.3 Å². The van der Waals surface area contributed by atoms with Gasteiger partial charge in [0, 0.05) is 14.6 Å². The van der Waals surface area contributed by atoms with E-state index in [1.165, 1.54) is 6.07 Å². The van der Waals surface area contributed by atoms with E-state index in [-0.39, 0.29) is 18.1 Å². The van der Waals surface area contributed by atoms with Crippen LogP contribution in [0.1, 0.15) is 0 Å². The number of hydrogen-bond donors (Lipinski definition) is 2. The normalized spacial score (nSPS) is 10.2. The number of amides is 1. The largest absolute Gasteiger partial charge is 0.374 e. The summed E-state index contributed by atoms with van der Waals surface area (Å²) in [6.07, 6.45) is 0. The molecule has 104 valence electrons. The molecule has 2 rings (SSSR count). The Hall–Kier alpha value is -1.40. The quantitative estimate of drug-likeness (QED) is 0.797. The van der Waals surface area contributed by atoms with Crippen molar-refractivity contribution >= 4 is 49.1 Å². The highest BCUT2D eigenvalue weighted by atomic mass is 79.9. The van der Waals surface area contributed by atoms with E-state index in [9.17, 15) is 9.18 Å². The van der Waals surface area contributed by atoms with E-state index in [0.717, 1.165) is 8.95 Å². The highest BCUT2D eigenvalue weighted by Crippen LogP contribution is 2.20. The van der Waals surface area contributed by atoms with Gasteiger partial charge < -0.3 is 10.6 Å². The molecule has 0 atom stereocenters. The summed E-state index contributed by atoms with van der Waals surface area (Å²) in [6.45, 7) is -0.0105. The summed E-state index contributed by atoms with van der Waals surface area (Å²) in [5, 5.41) is 5.48. The van der Waals surface area contributed by atoms with Crippen LogP contribution < -0.4 is 10.6 Å². The Morgan fingerprint density at radius 2 is 1.70 bits per heavy atom. The zero-order chi connectivity index (χ0) is 14.5. The van der Waals surface area contributed by atoms with E-state index in [0.29, 0.717) is 5.69 Å².